The van der Waals surface area contributed by atoms with E-state index in [9.17, 15) is 9.59 Å². The molecule has 1 saturated heterocycles. The van der Waals surface area contributed by atoms with Crippen molar-refractivity contribution in [2.45, 2.75) is 13.0 Å². The third kappa shape index (κ3) is 5.35. The van der Waals surface area contributed by atoms with Gasteiger partial charge in [0.05, 0.1) is 11.6 Å². The van der Waals surface area contributed by atoms with Crippen molar-refractivity contribution in [3.05, 3.63) is 89.4 Å². The number of nitrogens with zero attached hydrogens (tertiary/aromatic N) is 1. The predicted molar refractivity (Wildman–Crippen MR) is 121 cm³/mol. The van der Waals surface area contributed by atoms with Gasteiger partial charge in [-0.2, -0.15) is 0 Å². The zero-order valence-corrected chi connectivity index (χ0v) is 17.5. The summed E-state index contributed by atoms with van der Waals surface area (Å²) in [6.07, 6.45) is 0.187. The Balaban J connectivity index is 1.30. The Morgan fingerprint density at radius 3 is 2.58 bits per heavy atom. The molecule has 158 valence electrons. The van der Waals surface area contributed by atoms with E-state index in [0.29, 0.717) is 29.6 Å². The zero-order valence-electron chi connectivity index (χ0n) is 16.8. The van der Waals surface area contributed by atoms with Crippen LogP contribution in [0.3, 0.4) is 0 Å². The van der Waals surface area contributed by atoms with Crippen LogP contribution in [0.25, 0.3) is 0 Å². The molecule has 2 amide bonds. The van der Waals surface area contributed by atoms with Gasteiger partial charge in [0, 0.05) is 29.7 Å². The first kappa shape index (κ1) is 20.8. The second-order valence-electron chi connectivity index (χ2n) is 7.30. The number of amides is 2. The van der Waals surface area contributed by atoms with Gasteiger partial charge in [0.15, 0.2) is 0 Å². The van der Waals surface area contributed by atoms with Crippen molar-refractivity contribution >= 4 is 34.8 Å². The second-order valence-corrected chi connectivity index (χ2v) is 7.73. The van der Waals surface area contributed by atoms with Crippen LogP contribution in [0.4, 0.5) is 11.4 Å². The molecule has 4 rings (SSSR count). The van der Waals surface area contributed by atoms with Gasteiger partial charge in [-0.3, -0.25) is 20.4 Å². The van der Waals surface area contributed by atoms with Gasteiger partial charge in [0.1, 0.15) is 12.4 Å². The van der Waals surface area contributed by atoms with Crippen LogP contribution in [0.2, 0.25) is 5.02 Å². The number of hydrogen-bond donors (Lipinski definition) is 2. The Kier molecular flexibility index (Phi) is 6.38. The highest BCUT2D eigenvalue weighted by atomic mass is 35.5. The molecule has 1 fully saturated rings. The number of carbonyl (C=O) groups excluding carboxylic acids is 2. The summed E-state index contributed by atoms with van der Waals surface area (Å²) in [6, 6.07) is 24.1. The van der Waals surface area contributed by atoms with Crippen molar-refractivity contribution < 1.29 is 14.3 Å². The van der Waals surface area contributed by atoms with E-state index in [1.54, 1.807) is 11.0 Å². The Labute approximate surface area is 185 Å². The fourth-order valence-corrected chi connectivity index (χ4v) is 3.51. The van der Waals surface area contributed by atoms with E-state index in [-0.39, 0.29) is 18.2 Å². The summed E-state index contributed by atoms with van der Waals surface area (Å²) in [4.78, 5) is 26.5. The summed E-state index contributed by atoms with van der Waals surface area (Å²) in [5.74, 6) is -0.0201. The lowest BCUT2D eigenvalue weighted by molar-refractivity contribution is -0.125. The van der Waals surface area contributed by atoms with Crippen LogP contribution in [0, 0.1) is 5.92 Å². The lowest BCUT2D eigenvalue weighted by Gasteiger charge is -2.17. The third-order valence-electron chi connectivity index (χ3n) is 5.05. The first-order chi connectivity index (χ1) is 15.1. The maximum Gasteiger partial charge on any atom is 0.243 e. The molecule has 1 aliphatic rings. The van der Waals surface area contributed by atoms with E-state index in [1.807, 2.05) is 72.8 Å². The molecule has 0 aliphatic carbocycles. The molecule has 1 aliphatic heterocycles. The number of nitrogens with one attached hydrogen (secondary N) is 2. The van der Waals surface area contributed by atoms with E-state index in [4.69, 9.17) is 16.3 Å². The molecule has 0 radical (unpaired) electrons. The Morgan fingerprint density at radius 2 is 1.81 bits per heavy atom. The van der Waals surface area contributed by atoms with Crippen molar-refractivity contribution in [2.24, 2.45) is 5.92 Å². The van der Waals surface area contributed by atoms with Gasteiger partial charge in [0.2, 0.25) is 11.8 Å². The maximum atomic E-state index is 12.6. The monoisotopic (exact) mass is 435 g/mol. The van der Waals surface area contributed by atoms with Crippen LogP contribution in [0.1, 0.15) is 12.0 Å². The van der Waals surface area contributed by atoms with E-state index in [1.165, 1.54) is 0 Å². The smallest absolute Gasteiger partial charge is 0.243 e. The van der Waals surface area contributed by atoms with Gasteiger partial charge in [-0.05, 0) is 42.0 Å². The average molecular weight is 436 g/mol. The number of benzene rings is 3. The number of anilines is 2. The topological polar surface area (TPSA) is 70.7 Å². The number of rotatable bonds is 7. The number of para-hydroxylation sites is 1. The Bertz CT molecular complexity index is 1060. The van der Waals surface area contributed by atoms with Crippen LogP contribution in [0.5, 0.6) is 5.75 Å². The van der Waals surface area contributed by atoms with Crippen LogP contribution >= 0.6 is 11.6 Å². The molecule has 7 heteroatoms. The lowest BCUT2D eigenvalue weighted by Crippen LogP contribution is -2.36. The molecule has 1 heterocycles. The summed E-state index contributed by atoms with van der Waals surface area (Å²) in [6.45, 7) is 0.771. The average Bonchev–Trinajstić information content (AvgIpc) is 3.20. The largest absolute Gasteiger partial charge is 0.489 e. The fraction of sp³-hybridized carbons (Fsp3) is 0.167. The molecule has 6 nitrogen and oxygen atoms in total. The minimum absolute atomic E-state index is 0.0519. The van der Waals surface area contributed by atoms with Crippen molar-refractivity contribution in [3.63, 3.8) is 0 Å². The maximum absolute atomic E-state index is 12.6. The standard InChI is InChI=1S/C24H22ClN3O3/c25-19-11-9-17(10-12-19)16-31-22-8-4-5-20(14-22)26-27-24(30)18-13-23(29)28(15-18)21-6-2-1-3-7-21/h1-12,14,18,26H,13,15-16H2,(H,27,30)/t18-/m1/s1. The molecule has 3 aromatic carbocycles. The number of hydrogen-bond acceptors (Lipinski definition) is 4. The molecule has 0 unspecified atom stereocenters. The molecule has 0 bridgehead atoms. The highest BCUT2D eigenvalue weighted by Crippen LogP contribution is 2.25. The van der Waals surface area contributed by atoms with Gasteiger partial charge in [0.25, 0.3) is 0 Å². The number of carbonyl (C=O) groups is 2. The SMILES string of the molecule is O=C(NNc1cccc(OCc2ccc(Cl)cc2)c1)[C@@H]1CC(=O)N(c2ccccc2)C1. The van der Waals surface area contributed by atoms with Crippen LogP contribution < -0.4 is 20.5 Å². The first-order valence-corrected chi connectivity index (χ1v) is 10.3. The second kappa shape index (κ2) is 9.53. The van der Waals surface area contributed by atoms with Crippen LogP contribution in [-0.2, 0) is 16.2 Å². The van der Waals surface area contributed by atoms with Gasteiger partial charge in [-0.15, -0.1) is 0 Å². The van der Waals surface area contributed by atoms with Gasteiger partial charge >= 0.3 is 0 Å². The van der Waals surface area contributed by atoms with Crippen molar-refractivity contribution in [2.75, 3.05) is 16.9 Å². The van der Waals surface area contributed by atoms with Gasteiger partial charge in [-0.1, -0.05) is 48.0 Å². The summed E-state index contributed by atoms with van der Waals surface area (Å²) in [7, 11) is 0. The number of hydrazine groups is 1. The van der Waals surface area contributed by atoms with Crippen LogP contribution in [0.15, 0.2) is 78.9 Å². The minimum atomic E-state index is -0.412. The van der Waals surface area contributed by atoms with Crippen molar-refractivity contribution in [1.29, 1.82) is 0 Å². The molecule has 3 aromatic rings. The molecule has 31 heavy (non-hydrogen) atoms. The molecule has 2 N–H and O–H groups in total. The quantitative estimate of drug-likeness (QED) is 0.539. The molecular weight excluding hydrogens is 414 g/mol. The number of halogens is 1. The summed E-state index contributed by atoms with van der Waals surface area (Å²) in [5.41, 5.74) is 8.11. The Hall–Kier alpha value is -3.51. The van der Waals surface area contributed by atoms with E-state index < -0.39 is 5.92 Å². The summed E-state index contributed by atoms with van der Waals surface area (Å²) < 4.78 is 5.81. The normalized spacial score (nSPS) is 15.6. The third-order valence-corrected chi connectivity index (χ3v) is 5.30. The summed E-state index contributed by atoms with van der Waals surface area (Å²) in [5, 5.41) is 0.682. The predicted octanol–water partition coefficient (Wildman–Crippen LogP) is 4.42. The molecule has 1 atom stereocenters. The first-order valence-electron chi connectivity index (χ1n) is 9.97. The molecule has 0 saturated carbocycles. The van der Waals surface area contributed by atoms with E-state index in [2.05, 4.69) is 10.9 Å². The van der Waals surface area contributed by atoms with E-state index >= 15 is 0 Å². The molecule has 0 spiro atoms. The highest BCUT2D eigenvalue weighted by molar-refractivity contribution is 6.30. The van der Waals surface area contributed by atoms with Crippen molar-refractivity contribution in [3.8, 4) is 5.75 Å². The van der Waals surface area contributed by atoms with Gasteiger partial charge in [-0.25, -0.2) is 0 Å². The molecular formula is C24H22ClN3O3. The minimum Gasteiger partial charge on any atom is -0.489 e. The van der Waals surface area contributed by atoms with Gasteiger partial charge < -0.3 is 9.64 Å². The Morgan fingerprint density at radius 1 is 1.03 bits per heavy atom. The van der Waals surface area contributed by atoms with E-state index in [0.717, 1.165) is 11.3 Å². The fourth-order valence-electron chi connectivity index (χ4n) is 3.39. The van der Waals surface area contributed by atoms with Crippen molar-refractivity contribution in [1.82, 2.24) is 5.43 Å². The van der Waals surface area contributed by atoms with Crippen LogP contribution in [-0.4, -0.2) is 18.4 Å². The highest BCUT2D eigenvalue weighted by Gasteiger charge is 2.35. The zero-order chi connectivity index (χ0) is 21.6. The summed E-state index contributed by atoms with van der Waals surface area (Å²) >= 11 is 5.90. The lowest BCUT2D eigenvalue weighted by atomic mass is 10.1. The number of ether oxygens (including phenoxy) is 1. The molecule has 0 aromatic heterocycles.